The van der Waals surface area contributed by atoms with E-state index in [1.54, 1.807) is 7.11 Å². The molecule has 2 aromatic rings. The highest BCUT2D eigenvalue weighted by Crippen LogP contribution is 2.12. The van der Waals surface area contributed by atoms with Crippen LogP contribution in [0.3, 0.4) is 0 Å². The number of para-hydroxylation sites is 1. The maximum absolute atomic E-state index is 5.51. The molecule has 20 heavy (non-hydrogen) atoms. The van der Waals surface area contributed by atoms with Crippen LogP contribution in [0.4, 0.5) is 5.69 Å². The molecule has 0 N–H and O–H groups in total. The average molecular weight is 272 g/mol. The number of benzene rings is 1. The van der Waals surface area contributed by atoms with E-state index in [9.17, 15) is 0 Å². The fraction of sp³-hybridized carbons (Fsp3) is 0.375. The van der Waals surface area contributed by atoms with E-state index >= 15 is 0 Å². The van der Waals surface area contributed by atoms with Gasteiger partial charge in [0.05, 0.1) is 26.4 Å². The first-order valence-corrected chi connectivity index (χ1v) is 6.99. The van der Waals surface area contributed by atoms with Gasteiger partial charge in [-0.2, -0.15) is 0 Å². The van der Waals surface area contributed by atoms with E-state index in [2.05, 4.69) is 22.7 Å². The van der Waals surface area contributed by atoms with Gasteiger partial charge in [0.25, 0.3) is 0 Å². The normalized spacial score (nSPS) is 11.7. The summed E-state index contributed by atoms with van der Waals surface area (Å²) in [6, 6.07) is 9.87. The third-order valence-electron chi connectivity index (χ3n) is 3.20. The van der Waals surface area contributed by atoms with Crippen LogP contribution in [-0.2, 0) is 18.3 Å². The first-order valence-electron chi connectivity index (χ1n) is 6.99. The first-order chi connectivity index (χ1) is 9.76. The van der Waals surface area contributed by atoms with Crippen LogP contribution in [0.5, 0.6) is 0 Å². The lowest BCUT2D eigenvalue weighted by Crippen LogP contribution is -2.40. The SMILES string of the molecule is CCCC[n+]1ccn(C)c1/C(=N/c1ccccc1)OC. The predicted octanol–water partition coefficient (Wildman–Crippen LogP) is 2.84. The number of nitrogens with zero attached hydrogens (tertiary/aromatic N) is 3. The van der Waals surface area contributed by atoms with Crippen molar-refractivity contribution in [2.75, 3.05) is 7.11 Å². The maximum Gasteiger partial charge on any atom is 0.345 e. The van der Waals surface area contributed by atoms with Crippen molar-refractivity contribution in [1.29, 1.82) is 0 Å². The van der Waals surface area contributed by atoms with Crippen LogP contribution < -0.4 is 4.57 Å². The predicted molar refractivity (Wildman–Crippen MR) is 80.2 cm³/mol. The summed E-state index contributed by atoms with van der Waals surface area (Å²) in [7, 11) is 3.68. The summed E-state index contributed by atoms with van der Waals surface area (Å²) in [4.78, 5) is 4.60. The topological polar surface area (TPSA) is 30.4 Å². The Morgan fingerprint density at radius 2 is 2.05 bits per heavy atom. The van der Waals surface area contributed by atoms with Gasteiger partial charge in [0.2, 0.25) is 0 Å². The Kier molecular flexibility index (Phi) is 4.93. The van der Waals surface area contributed by atoms with Crippen LogP contribution >= 0.6 is 0 Å². The molecule has 0 aliphatic heterocycles. The summed E-state index contributed by atoms with van der Waals surface area (Å²) in [5.74, 6) is 1.63. The highest BCUT2D eigenvalue weighted by Gasteiger charge is 2.22. The van der Waals surface area contributed by atoms with Gasteiger partial charge in [-0.3, -0.25) is 0 Å². The minimum atomic E-state index is 0.639. The van der Waals surface area contributed by atoms with Crippen molar-refractivity contribution in [3.05, 3.63) is 48.5 Å². The molecule has 4 nitrogen and oxygen atoms in total. The largest absolute Gasteiger partial charge is 0.475 e. The van der Waals surface area contributed by atoms with Crippen LogP contribution in [0.25, 0.3) is 0 Å². The van der Waals surface area contributed by atoms with E-state index in [4.69, 9.17) is 4.74 Å². The standard InChI is InChI=1S/C16H22N3O/c1-4-5-11-19-13-12-18(2)16(19)15(20-3)17-14-9-7-6-8-10-14/h6-10,12-13H,4-5,11H2,1-3H3/q+1/b17-15-. The summed E-state index contributed by atoms with van der Waals surface area (Å²) in [6.45, 7) is 3.17. The molecule has 0 bridgehead atoms. The summed E-state index contributed by atoms with van der Waals surface area (Å²) in [5.41, 5.74) is 0.896. The maximum atomic E-state index is 5.51. The Balaban J connectivity index is 2.36. The third-order valence-corrected chi connectivity index (χ3v) is 3.20. The molecule has 1 aromatic carbocycles. The summed E-state index contributed by atoms with van der Waals surface area (Å²) in [5, 5.41) is 0. The number of imidazole rings is 1. The molecule has 0 atom stereocenters. The zero-order chi connectivity index (χ0) is 14.4. The minimum absolute atomic E-state index is 0.639. The molecule has 1 heterocycles. The second-order valence-corrected chi connectivity index (χ2v) is 4.74. The lowest BCUT2D eigenvalue weighted by molar-refractivity contribution is -0.698. The molecule has 1 aromatic heterocycles. The quantitative estimate of drug-likeness (QED) is 0.468. The van der Waals surface area contributed by atoms with E-state index in [1.165, 1.54) is 6.42 Å². The molecule has 0 saturated heterocycles. The number of aryl methyl sites for hydroxylation is 2. The number of aliphatic imine (C=N–C) groups is 1. The van der Waals surface area contributed by atoms with Gasteiger partial charge in [-0.25, -0.2) is 14.1 Å². The monoisotopic (exact) mass is 272 g/mol. The van der Waals surface area contributed by atoms with Gasteiger partial charge in [0.1, 0.15) is 12.4 Å². The smallest absolute Gasteiger partial charge is 0.345 e. The summed E-state index contributed by atoms with van der Waals surface area (Å²) < 4.78 is 9.74. The molecule has 0 aliphatic carbocycles. The van der Waals surface area contributed by atoms with Crippen molar-refractivity contribution in [2.24, 2.45) is 12.0 Å². The van der Waals surface area contributed by atoms with Crippen LogP contribution in [0.2, 0.25) is 0 Å². The van der Waals surface area contributed by atoms with Gasteiger partial charge < -0.3 is 4.74 Å². The van der Waals surface area contributed by atoms with Crippen LogP contribution in [0, 0.1) is 0 Å². The highest BCUT2D eigenvalue weighted by molar-refractivity contribution is 5.91. The molecule has 0 radical (unpaired) electrons. The van der Waals surface area contributed by atoms with Crippen molar-refractivity contribution in [1.82, 2.24) is 4.57 Å². The molecule has 0 unspecified atom stereocenters. The number of methoxy groups -OCH3 is 1. The molecule has 0 saturated carbocycles. The zero-order valence-corrected chi connectivity index (χ0v) is 12.4. The number of rotatable bonds is 5. The van der Waals surface area contributed by atoms with Crippen molar-refractivity contribution in [2.45, 2.75) is 26.3 Å². The van der Waals surface area contributed by atoms with Crippen molar-refractivity contribution < 1.29 is 9.30 Å². The first kappa shape index (κ1) is 14.3. The average Bonchev–Trinajstić information content (AvgIpc) is 2.84. The van der Waals surface area contributed by atoms with E-state index in [0.717, 1.165) is 24.5 Å². The van der Waals surface area contributed by atoms with Crippen molar-refractivity contribution in [3.63, 3.8) is 0 Å². The highest BCUT2D eigenvalue weighted by atomic mass is 16.5. The van der Waals surface area contributed by atoms with Crippen molar-refractivity contribution in [3.8, 4) is 0 Å². The number of aromatic nitrogens is 2. The second-order valence-electron chi connectivity index (χ2n) is 4.74. The minimum Gasteiger partial charge on any atom is -0.475 e. The van der Waals surface area contributed by atoms with Gasteiger partial charge in [0, 0.05) is 0 Å². The van der Waals surface area contributed by atoms with Gasteiger partial charge in [-0.1, -0.05) is 31.5 Å². The number of hydrogen-bond donors (Lipinski definition) is 0. The fourth-order valence-corrected chi connectivity index (χ4v) is 2.11. The van der Waals surface area contributed by atoms with Gasteiger partial charge >= 0.3 is 11.7 Å². The zero-order valence-electron chi connectivity index (χ0n) is 12.4. The summed E-state index contributed by atoms with van der Waals surface area (Å²) in [6.07, 6.45) is 6.42. The molecule has 2 rings (SSSR count). The third kappa shape index (κ3) is 3.26. The molecular formula is C16H22N3O+. The fourth-order valence-electron chi connectivity index (χ4n) is 2.11. The van der Waals surface area contributed by atoms with Gasteiger partial charge in [-0.15, -0.1) is 0 Å². The van der Waals surface area contributed by atoms with Crippen LogP contribution in [-0.4, -0.2) is 17.6 Å². The van der Waals surface area contributed by atoms with E-state index < -0.39 is 0 Å². The van der Waals surface area contributed by atoms with E-state index in [0.29, 0.717) is 5.90 Å². The molecule has 106 valence electrons. The molecule has 4 heteroatoms. The number of ether oxygens (including phenoxy) is 1. The molecule has 0 fully saturated rings. The van der Waals surface area contributed by atoms with E-state index in [-0.39, 0.29) is 0 Å². The number of unbranched alkanes of at least 4 members (excludes halogenated alkanes) is 1. The van der Waals surface area contributed by atoms with Gasteiger partial charge in [-0.05, 0) is 18.6 Å². The Hall–Kier alpha value is -2.10. The Bertz CT molecular complexity index is 573. The lowest BCUT2D eigenvalue weighted by Gasteiger charge is -2.05. The molecule has 0 spiro atoms. The van der Waals surface area contributed by atoms with Crippen LogP contribution in [0.15, 0.2) is 47.7 Å². The van der Waals surface area contributed by atoms with Crippen LogP contribution in [0.1, 0.15) is 25.6 Å². The molecule has 0 aliphatic rings. The molecule has 0 amide bonds. The molecular weight excluding hydrogens is 250 g/mol. The van der Waals surface area contributed by atoms with Crippen molar-refractivity contribution >= 4 is 11.6 Å². The number of hydrogen-bond acceptors (Lipinski definition) is 2. The van der Waals surface area contributed by atoms with E-state index in [1.807, 2.05) is 48.1 Å². The summed E-state index contributed by atoms with van der Waals surface area (Å²) >= 11 is 0. The Morgan fingerprint density at radius 1 is 1.30 bits per heavy atom. The Morgan fingerprint density at radius 3 is 2.70 bits per heavy atom. The lowest BCUT2D eigenvalue weighted by atomic mass is 10.3. The van der Waals surface area contributed by atoms with Gasteiger partial charge in [0.15, 0.2) is 0 Å². The Labute approximate surface area is 120 Å². The second kappa shape index (κ2) is 6.89.